The molecule has 1 rings (SSSR count). The van der Waals surface area contributed by atoms with E-state index in [0.717, 1.165) is 25.2 Å². The van der Waals surface area contributed by atoms with E-state index >= 15 is 0 Å². The van der Waals surface area contributed by atoms with Crippen LogP contribution in [-0.4, -0.2) is 6.61 Å². The van der Waals surface area contributed by atoms with Crippen LogP contribution in [0.25, 0.3) is 0 Å². The van der Waals surface area contributed by atoms with Crippen LogP contribution in [0.2, 0.25) is 0 Å². The summed E-state index contributed by atoms with van der Waals surface area (Å²) in [5.74, 6) is 0.972. The topological polar surface area (TPSA) is 9.23 Å². The average Bonchev–Trinajstić information content (AvgIpc) is 2.53. The van der Waals surface area contributed by atoms with Crippen molar-refractivity contribution < 1.29 is 4.74 Å². The first kappa shape index (κ1) is 18.3. The number of allylic oxidation sites excluding steroid dienone is 5. The van der Waals surface area contributed by atoms with Gasteiger partial charge in [0.05, 0.1) is 6.61 Å². The highest BCUT2D eigenvalue weighted by atomic mass is 16.5. The van der Waals surface area contributed by atoms with Gasteiger partial charge in [0, 0.05) is 0 Å². The summed E-state index contributed by atoms with van der Waals surface area (Å²) >= 11 is 0. The van der Waals surface area contributed by atoms with Gasteiger partial charge in [-0.2, -0.15) is 0 Å². The molecule has 1 aromatic rings. The predicted molar refractivity (Wildman–Crippen MR) is 97.5 cm³/mol. The fourth-order valence-electron chi connectivity index (χ4n) is 2.37. The second-order valence-corrected chi connectivity index (χ2v) is 5.56. The lowest BCUT2D eigenvalue weighted by Crippen LogP contribution is -1.97. The van der Waals surface area contributed by atoms with E-state index in [2.05, 4.69) is 56.0 Å². The number of benzene rings is 1. The molecule has 1 heteroatoms. The van der Waals surface area contributed by atoms with Crippen molar-refractivity contribution in [3.63, 3.8) is 0 Å². The van der Waals surface area contributed by atoms with Crippen molar-refractivity contribution >= 4 is 0 Å². The Kier molecular flexibility index (Phi) is 9.85. The Labute approximate surface area is 136 Å². The molecule has 0 bridgehead atoms. The van der Waals surface area contributed by atoms with Crippen molar-refractivity contribution in [2.45, 2.75) is 52.4 Å². The fourth-order valence-corrected chi connectivity index (χ4v) is 2.37. The molecular formula is C21H30O. The first-order valence-electron chi connectivity index (χ1n) is 8.46. The van der Waals surface area contributed by atoms with Gasteiger partial charge in [0.2, 0.25) is 0 Å². The molecular weight excluding hydrogens is 268 g/mol. The third kappa shape index (κ3) is 7.87. The summed E-state index contributed by atoms with van der Waals surface area (Å²) < 4.78 is 5.80. The van der Waals surface area contributed by atoms with Crippen LogP contribution in [0.15, 0.2) is 60.7 Å². The van der Waals surface area contributed by atoms with E-state index in [9.17, 15) is 0 Å². The average molecular weight is 298 g/mol. The summed E-state index contributed by atoms with van der Waals surface area (Å²) in [4.78, 5) is 0. The van der Waals surface area contributed by atoms with Gasteiger partial charge < -0.3 is 4.74 Å². The first-order chi connectivity index (χ1) is 10.8. The van der Waals surface area contributed by atoms with Gasteiger partial charge in [0.25, 0.3) is 0 Å². The van der Waals surface area contributed by atoms with Crippen molar-refractivity contribution in [2.24, 2.45) is 0 Å². The minimum atomic E-state index is 0.823. The van der Waals surface area contributed by atoms with Gasteiger partial charge in [-0.1, -0.05) is 75.6 Å². The second-order valence-electron chi connectivity index (χ2n) is 5.56. The first-order valence-corrected chi connectivity index (χ1v) is 8.46. The summed E-state index contributed by atoms with van der Waals surface area (Å²) in [6, 6.07) is 8.44. The van der Waals surface area contributed by atoms with Crippen LogP contribution in [0, 0.1) is 0 Å². The Morgan fingerprint density at radius 1 is 1.09 bits per heavy atom. The van der Waals surface area contributed by atoms with Gasteiger partial charge in [0.1, 0.15) is 5.75 Å². The maximum Gasteiger partial charge on any atom is 0.119 e. The van der Waals surface area contributed by atoms with Crippen LogP contribution in [0.1, 0.15) is 51.5 Å². The molecule has 1 aromatic carbocycles. The number of hydrogen-bond acceptors (Lipinski definition) is 1. The van der Waals surface area contributed by atoms with E-state index in [4.69, 9.17) is 4.74 Å². The molecule has 0 aromatic heterocycles. The lowest BCUT2D eigenvalue weighted by Gasteiger charge is -2.08. The number of hydrogen-bond donors (Lipinski definition) is 0. The Balaban J connectivity index is 2.39. The summed E-state index contributed by atoms with van der Waals surface area (Å²) in [7, 11) is 0. The van der Waals surface area contributed by atoms with Crippen molar-refractivity contribution in [3.8, 4) is 5.75 Å². The smallest absolute Gasteiger partial charge is 0.119 e. The Morgan fingerprint density at radius 3 is 2.45 bits per heavy atom. The summed E-state index contributed by atoms with van der Waals surface area (Å²) in [5.41, 5.74) is 2.56. The molecule has 0 heterocycles. The normalized spacial score (nSPS) is 11.8. The van der Waals surface area contributed by atoms with Gasteiger partial charge >= 0.3 is 0 Å². The molecule has 0 aliphatic rings. The highest BCUT2D eigenvalue weighted by molar-refractivity contribution is 5.33. The molecule has 0 spiro atoms. The van der Waals surface area contributed by atoms with Crippen LogP contribution in [0.4, 0.5) is 0 Å². The van der Waals surface area contributed by atoms with Crippen LogP contribution in [-0.2, 0) is 6.42 Å². The molecule has 0 saturated heterocycles. The number of ether oxygens (including phenoxy) is 1. The van der Waals surface area contributed by atoms with Crippen LogP contribution in [0.5, 0.6) is 5.75 Å². The summed E-state index contributed by atoms with van der Waals surface area (Å²) in [6.07, 6.45) is 15.4. The molecule has 0 atom stereocenters. The largest absolute Gasteiger partial charge is 0.494 e. The lowest BCUT2D eigenvalue weighted by molar-refractivity contribution is 0.304. The molecule has 0 N–H and O–H groups in total. The highest BCUT2D eigenvalue weighted by Gasteiger charge is 1.98. The number of unbranched alkanes of at least 4 members (excludes halogenated alkanes) is 4. The van der Waals surface area contributed by atoms with E-state index < -0.39 is 0 Å². The molecule has 120 valence electrons. The minimum absolute atomic E-state index is 0.823. The predicted octanol–water partition coefficient (Wildman–Crippen LogP) is 6.27. The Morgan fingerprint density at radius 2 is 1.82 bits per heavy atom. The highest BCUT2D eigenvalue weighted by Crippen LogP contribution is 2.16. The maximum absolute atomic E-state index is 5.80. The third-order valence-electron chi connectivity index (χ3n) is 3.56. The monoisotopic (exact) mass is 298 g/mol. The molecule has 0 aliphatic carbocycles. The Hall–Kier alpha value is -1.76. The second kappa shape index (κ2) is 11.9. The maximum atomic E-state index is 5.80. The van der Waals surface area contributed by atoms with Crippen molar-refractivity contribution in [3.05, 3.63) is 66.3 Å². The van der Waals surface area contributed by atoms with Crippen LogP contribution < -0.4 is 4.74 Å². The van der Waals surface area contributed by atoms with E-state index in [1.807, 2.05) is 13.0 Å². The number of rotatable bonds is 11. The van der Waals surface area contributed by atoms with Gasteiger partial charge in [0.15, 0.2) is 0 Å². The molecule has 0 saturated carbocycles. The SMILES string of the molecule is C=C/C=C(\C=C/C)Cc1ccc(OCCCCCCC)cc1. The standard InChI is InChI=1S/C21H30O/c1-4-7-8-9-10-17-22-21-15-13-20(14-16-21)18-19(11-5-2)12-6-3/h5-6,11-16H,2,4,7-10,17-18H2,1,3H3/b12-6-,19-11+. The van der Waals surface area contributed by atoms with Gasteiger partial charge in [-0.25, -0.2) is 0 Å². The summed E-state index contributed by atoms with van der Waals surface area (Å²) in [5, 5.41) is 0. The van der Waals surface area contributed by atoms with Crippen molar-refractivity contribution in [1.29, 1.82) is 0 Å². The van der Waals surface area contributed by atoms with Crippen LogP contribution >= 0.6 is 0 Å². The molecule has 0 unspecified atom stereocenters. The molecule has 0 amide bonds. The molecule has 0 fully saturated rings. The van der Waals surface area contributed by atoms with Gasteiger partial charge in [-0.05, 0) is 43.0 Å². The summed E-state index contributed by atoms with van der Waals surface area (Å²) in [6.45, 7) is 8.87. The van der Waals surface area contributed by atoms with E-state index in [-0.39, 0.29) is 0 Å². The molecule has 0 radical (unpaired) electrons. The lowest BCUT2D eigenvalue weighted by atomic mass is 10.0. The van der Waals surface area contributed by atoms with E-state index in [0.29, 0.717) is 0 Å². The quantitative estimate of drug-likeness (QED) is 0.346. The van der Waals surface area contributed by atoms with E-state index in [1.54, 1.807) is 0 Å². The van der Waals surface area contributed by atoms with E-state index in [1.165, 1.54) is 36.8 Å². The zero-order chi connectivity index (χ0) is 16.0. The zero-order valence-corrected chi connectivity index (χ0v) is 14.2. The van der Waals surface area contributed by atoms with Crippen molar-refractivity contribution in [2.75, 3.05) is 6.61 Å². The van der Waals surface area contributed by atoms with Crippen LogP contribution in [0.3, 0.4) is 0 Å². The molecule has 0 aliphatic heterocycles. The fraction of sp³-hybridized carbons (Fsp3) is 0.429. The van der Waals surface area contributed by atoms with Crippen molar-refractivity contribution in [1.82, 2.24) is 0 Å². The third-order valence-corrected chi connectivity index (χ3v) is 3.56. The Bertz CT molecular complexity index is 465. The zero-order valence-electron chi connectivity index (χ0n) is 14.2. The van der Waals surface area contributed by atoms with Gasteiger partial charge in [-0.3, -0.25) is 0 Å². The molecule has 1 nitrogen and oxygen atoms in total. The molecule has 22 heavy (non-hydrogen) atoms. The van der Waals surface area contributed by atoms with Gasteiger partial charge in [-0.15, -0.1) is 0 Å². The minimum Gasteiger partial charge on any atom is -0.494 e.